The Morgan fingerprint density at radius 3 is 2.08 bits per heavy atom. The smallest absolute Gasteiger partial charge is 0.338 e. The van der Waals surface area contributed by atoms with Crippen molar-refractivity contribution in [1.82, 2.24) is 4.90 Å². The summed E-state index contributed by atoms with van der Waals surface area (Å²) in [6.45, 7) is 4.03. The van der Waals surface area contributed by atoms with Crippen LogP contribution in [0.15, 0.2) is 60.7 Å². The Hall–Kier alpha value is -4.59. The summed E-state index contributed by atoms with van der Waals surface area (Å²) in [7, 11) is 0. The quantitative estimate of drug-likeness (QED) is 0.274. The van der Waals surface area contributed by atoms with Crippen molar-refractivity contribution >= 4 is 35.3 Å². The topological polar surface area (TPSA) is 101 Å². The molecule has 0 atom stereocenters. The minimum absolute atomic E-state index is 0.0839. The number of amides is 4. The van der Waals surface area contributed by atoms with Crippen molar-refractivity contribution in [3.8, 4) is 0 Å². The Kier molecular flexibility index (Phi) is 6.17. The van der Waals surface area contributed by atoms with Crippen LogP contribution in [-0.4, -0.2) is 47.6 Å². The second-order valence-corrected chi connectivity index (χ2v) is 9.15. The number of aryl methyl sites for hydroxylation is 2. The normalized spacial score (nSPS) is 14.3. The van der Waals surface area contributed by atoms with Gasteiger partial charge in [0.1, 0.15) is 0 Å². The average Bonchev–Trinajstić information content (AvgIpc) is 3.29. The zero-order chi connectivity index (χ0) is 26.3. The predicted molar refractivity (Wildman–Crippen MR) is 135 cm³/mol. The van der Waals surface area contributed by atoms with Crippen molar-refractivity contribution in [1.29, 1.82) is 0 Å². The van der Waals surface area contributed by atoms with Gasteiger partial charge in [-0.25, -0.2) is 9.69 Å². The molecule has 3 aromatic carbocycles. The number of anilines is 1. The predicted octanol–water partition coefficient (Wildman–Crippen LogP) is 4.34. The molecular weight excluding hydrogens is 472 g/mol. The molecule has 4 amide bonds. The van der Waals surface area contributed by atoms with E-state index in [-0.39, 0.29) is 41.7 Å². The van der Waals surface area contributed by atoms with E-state index in [4.69, 9.17) is 4.74 Å². The lowest BCUT2D eigenvalue weighted by atomic mass is 10.1. The summed E-state index contributed by atoms with van der Waals surface area (Å²) < 4.78 is 5.34. The number of carbonyl (C=O) groups is 5. The van der Waals surface area contributed by atoms with E-state index in [1.54, 1.807) is 30.3 Å². The zero-order valence-corrected chi connectivity index (χ0v) is 20.4. The molecule has 2 aliphatic heterocycles. The summed E-state index contributed by atoms with van der Waals surface area (Å²) in [5.74, 6) is -2.16. The van der Waals surface area contributed by atoms with E-state index in [0.717, 1.165) is 16.0 Å². The molecule has 0 spiro atoms. The number of hydrogen-bond acceptors (Lipinski definition) is 6. The van der Waals surface area contributed by atoms with Gasteiger partial charge in [-0.3, -0.25) is 24.1 Å². The van der Waals surface area contributed by atoms with Crippen molar-refractivity contribution in [3.63, 3.8) is 0 Å². The Bertz CT molecular complexity index is 1460. The number of imide groups is 2. The van der Waals surface area contributed by atoms with Crippen molar-refractivity contribution in [3.05, 3.63) is 99.6 Å². The highest BCUT2D eigenvalue weighted by Crippen LogP contribution is 2.32. The third kappa shape index (κ3) is 4.20. The van der Waals surface area contributed by atoms with Crippen LogP contribution in [0.5, 0.6) is 0 Å². The fraction of sp³-hybridized carbons (Fsp3) is 0.207. The summed E-state index contributed by atoms with van der Waals surface area (Å²) in [5.41, 5.74) is 3.61. The maximum Gasteiger partial charge on any atom is 0.338 e. The van der Waals surface area contributed by atoms with Gasteiger partial charge in [0.05, 0.1) is 40.1 Å². The molecule has 0 N–H and O–H groups in total. The summed E-state index contributed by atoms with van der Waals surface area (Å²) >= 11 is 0. The monoisotopic (exact) mass is 496 g/mol. The second-order valence-electron chi connectivity index (χ2n) is 9.15. The third-order valence-corrected chi connectivity index (χ3v) is 6.62. The van der Waals surface area contributed by atoms with Gasteiger partial charge in [0.2, 0.25) is 0 Å². The average molecular weight is 497 g/mol. The highest BCUT2D eigenvalue weighted by molar-refractivity contribution is 6.35. The molecule has 0 saturated heterocycles. The highest BCUT2D eigenvalue weighted by atomic mass is 16.5. The SMILES string of the molecule is Cc1ccc(C)c(N2C(=O)c3ccc(C(=O)OCCCCN4C(=O)c5ccccc5C4=O)cc3C2=O)c1. The van der Waals surface area contributed by atoms with Gasteiger partial charge in [-0.1, -0.05) is 24.3 Å². The van der Waals surface area contributed by atoms with Crippen LogP contribution in [0, 0.1) is 13.8 Å². The summed E-state index contributed by atoms with van der Waals surface area (Å²) in [5, 5.41) is 0. The van der Waals surface area contributed by atoms with Crippen LogP contribution in [0.1, 0.15) is 75.8 Å². The first-order valence-electron chi connectivity index (χ1n) is 12.0. The van der Waals surface area contributed by atoms with Crippen LogP contribution in [0.3, 0.4) is 0 Å². The number of fused-ring (bicyclic) bond motifs is 2. The second kappa shape index (κ2) is 9.46. The van der Waals surface area contributed by atoms with Crippen LogP contribution < -0.4 is 4.90 Å². The molecule has 8 heteroatoms. The van der Waals surface area contributed by atoms with Gasteiger partial charge in [-0.15, -0.1) is 0 Å². The number of esters is 1. The Morgan fingerprint density at radius 2 is 1.38 bits per heavy atom. The maximum absolute atomic E-state index is 13.1. The van der Waals surface area contributed by atoms with Crippen LogP contribution in [0.4, 0.5) is 5.69 Å². The summed E-state index contributed by atoms with van der Waals surface area (Å²) in [6.07, 6.45) is 0.919. The number of unbranched alkanes of at least 4 members (excludes halogenated alkanes) is 1. The Balaban J connectivity index is 1.18. The van der Waals surface area contributed by atoms with Crippen molar-refractivity contribution in [2.45, 2.75) is 26.7 Å². The van der Waals surface area contributed by atoms with Gasteiger partial charge in [-0.05, 0) is 74.2 Å². The van der Waals surface area contributed by atoms with E-state index in [1.807, 2.05) is 26.0 Å². The molecule has 3 aromatic rings. The molecule has 0 bridgehead atoms. The van der Waals surface area contributed by atoms with Crippen LogP contribution in [0.25, 0.3) is 0 Å². The van der Waals surface area contributed by atoms with Crippen molar-refractivity contribution in [2.75, 3.05) is 18.1 Å². The molecule has 0 aromatic heterocycles. The molecule has 0 aliphatic carbocycles. The molecular formula is C29H24N2O6. The van der Waals surface area contributed by atoms with E-state index < -0.39 is 17.8 Å². The summed E-state index contributed by atoms with van der Waals surface area (Å²) in [4.78, 5) is 65.9. The number of carbonyl (C=O) groups excluding carboxylic acids is 5. The van der Waals surface area contributed by atoms with Gasteiger partial charge in [0.25, 0.3) is 23.6 Å². The summed E-state index contributed by atoms with van der Waals surface area (Å²) in [6, 6.07) is 16.6. The maximum atomic E-state index is 13.1. The number of rotatable bonds is 7. The number of nitrogens with zero attached hydrogens (tertiary/aromatic N) is 2. The van der Waals surface area contributed by atoms with E-state index in [0.29, 0.717) is 29.7 Å². The van der Waals surface area contributed by atoms with Gasteiger partial charge in [-0.2, -0.15) is 0 Å². The van der Waals surface area contributed by atoms with Crippen LogP contribution in [-0.2, 0) is 4.74 Å². The number of ether oxygens (including phenoxy) is 1. The van der Waals surface area contributed by atoms with Gasteiger partial charge >= 0.3 is 5.97 Å². The first-order chi connectivity index (χ1) is 17.8. The Morgan fingerprint density at radius 1 is 0.730 bits per heavy atom. The first-order valence-corrected chi connectivity index (χ1v) is 12.0. The fourth-order valence-corrected chi connectivity index (χ4v) is 4.61. The van der Waals surface area contributed by atoms with E-state index in [1.165, 1.54) is 23.1 Å². The lowest BCUT2D eigenvalue weighted by molar-refractivity contribution is 0.0485. The van der Waals surface area contributed by atoms with E-state index in [9.17, 15) is 24.0 Å². The largest absolute Gasteiger partial charge is 0.462 e. The molecule has 0 unspecified atom stereocenters. The van der Waals surface area contributed by atoms with Crippen LogP contribution in [0.2, 0.25) is 0 Å². The molecule has 5 rings (SSSR count). The van der Waals surface area contributed by atoms with Gasteiger partial charge < -0.3 is 4.74 Å². The lowest BCUT2D eigenvalue weighted by Gasteiger charge is -2.17. The van der Waals surface area contributed by atoms with Gasteiger partial charge in [0, 0.05) is 6.54 Å². The molecule has 8 nitrogen and oxygen atoms in total. The number of hydrogen-bond donors (Lipinski definition) is 0. The third-order valence-electron chi connectivity index (χ3n) is 6.62. The molecule has 0 saturated carbocycles. The van der Waals surface area contributed by atoms with E-state index >= 15 is 0 Å². The van der Waals surface area contributed by atoms with Crippen molar-refractivity contribution in [2.24, 2.45) is 0 Å². The molecule has 0 fully saturated rings. The molecule has 2 aliphatic rings. The van der Waals surface area contributed by atoms with Crippen LogP contribution >= 0.6 is 0 Å². The molecule has 2 heterocycles. The molecule has 186 valence electrons. The lowest BCUT2D eigenvalue weighted by Crippen LogP contribution is -2.30. The molecule has 0 radical (unpaired) electrons. The highest BCUT2D eigenvalue weighted by Gasteiger charge is 2.38. The minimum Gasteiger partial charge on any atom is -0.462 e. The molecule has 37 heavy (non-hydrogen) atoms. The fourth-order valence-electron chi connectivity index (χ4n) is 4.61. The zero-order valence-electron chi connectivity index (χ0n) is 20.4. The Labute approximate surface area is 213 Å². The van der Waals surface area contributed by atoms with Crippen molar-refractivity contribution < 1.29 is 28.7 Å². The van der Waals surface area contributed by atoms with E-state index in [2.05, 4.69) is 0 Å². The minimum atomic E-state index is -0.617. The number of benzene rings is 3. The standard InChI is InChI=1S/C29H24N2O6/c1-17-9-10-18(2)24(15-17)31-27(34)22-12-11-19(16-23(22)28(31)35)29(36)37-14-6-5-13-30-25(32)20-7-3-4-8-21(20)26(30)33/h3-4,7-12,15-16H,5-6,13-14H2,1-2H3. The van der Waals surface area contributed by atoms with Gasteiger partial charge in [0.15, 0.2) is 0 Å². The first kappa shape index (κ1) is 24.1.